The quantitative estimate of drug-likeness (QED) is 0.676. The van der Waals surface area contributed by atoms with Gasteiger partial charge in [-0.05, 0) is 37.2 Å². The van der Waals surface area contributed by atoms with Crippen molar-refractivity contribution in [1.82, 2.24) is 15.5 Å². The Balaban J connectivity index is 1.36. The molecule has 1 amide bonds. The van der Waals surface area contributed by atoms with Gasteiger partial charge in [-0.25, -0.2) is 8.78 Å². The van der Waals surface area contributed by atoms with Crippen LogP contribution in [0, 0.1) is 29.4 Å². The van der Waals surface area contributed by atoms with Gasteiger partial charge in [-0.15, -0.1) is 0 Å². The molecule has 2 saturated carbocycles. The zero-order chi connectivity index (χ0) is 20.7. The molecule has 30 heavy (non-hydrogen) atoms. The summed E-state index contributed by atoms with van der Waals surface area (Å²) in [7, 11) is 0. The molecule has 1 N–H and O–H groups in total. The van der Waals surface area contributed by atoms with Crippen molar-refractivity contribution in [3.05, 3.63) is 71.6 Å². The maximum Gasteiger partial charge on any atom is 0.231 e. The summed E-state index contributed by atoms with van der Waals surface area (Å²) in [6, 6.07) is 13.5. The van der Waals surface area contributed by atoms with E-state index in [0.717, 1.165) is 30.9 Å². The van der Waals surface area contributed by atoms with E-state index in [2.05, 4.69) is 15.5 Å². The van der Waals surface area contributed by atoms with Crippen LogP contribution in [0.25, 0.3) is 11.4 Å². The van der Waals surface area contributed by atoms with E-state index in [4.69, 9.17) is 4.52 Å². The SMILES string of the molecule is O=C(NCc1cccc(F)c1F)[C@H]1[C@H]2CC[C@H](C2)[C@@H]1c1nc(-c2ccccc2)no1. The van der Waals surface area contributed by atoms with E-state index in [1.807, 2.05) is 30.3 Å². The number of hydrogen-bond donors (Lipinski definition) is 1. The molecule has 4 atom stereocenters. The topological polar surface area (TPSA) is 68.0 Å². The van der Waals surface area contributed by atoms with Crippen LogP contribution >= 0.6 is 0 Å². The Bertz CT molecular complexity index is 1070. The molecule has 2 aliphatic rings. The lowest BCUT2D eigenvalue weighted by atomic mass is 9.78. The highest BCUT2D eigenvalue weighted by atomic mass is 19.2. The molecule has 1 heterocycles. The summed E-state index contributed by atoms with van der Waals surface area (Å²) in [5.74, 6) is -0.908. The van der Waals surface area contributed by atoms with Crippen LogP contribution in [0.1, 0.15) is 36.6 Å². The Morgan fingerprint density at radius 3 is 2.70 bits per heavy atom. The molecule has 2 fully saturated rings. The molecular weight excluding hydrogens is 388 g/mol. The van der Waals surface area contributed by atoms with Crippen molar-refractivity contribution in [3.63, 3.8) is 0 Å². The molecule has 0 spiro atoms. The first-order chi connectivity index (χ1) is 14.6. The normalized spacial score (nSPS) is 24.9. The van der Waals surface area contributed by atoms with E-state index < -0.39 is 11.6 Å². The van der Waals surface area contributed by atoms with Crippen LogP contribution in [0.4, 0.5) is 8.78 Å². The van der Waals surface area contributed by atoms with Crippen LogP contribution in [0.2, 0.25) is 0 Å². The van der Waals surface area contributed by atoms with E-state index in [1.165, 1.54) is 12.1 Å². The third-order valence-electron chi connectivity index (χ3n) is 6.46. The third kappa shape index (κ3) is 3.28. The Morgan fingerprint density at radius 2 is 1.87 bits per heavy atom. The summed E-state index contributed by atoms with van der Waals surface area (Å²) < 4.78 is 32.9. The number of fused-ring (bicyclic) bond motifs is 2. The molecular formula is C23H21F2N3O2. The van der Waals surface area contributed by atoms with Gasteiger partial charge < -0.3 is 9.84 Å². The molecule has 1 aromatic heterocycles. The van der Waals surface area contributed by atoms with E-state index in [0.29, 0.717) is 17.6 Å². The van der Waals surface area contributed by atoms with Crippen molar-refractivity contribution in [3.8, 4) is 11.4 Å². The molecule has 2 aliphatic carbocycles. The summed E-state index contributed by atoms with van der Waals surface area (Å²) in [6.07, 6.45) is 2.95. The molecule has 0 unspecified atom stereocenters. The van der Waals surface area contributed by atoms with Crippen molar-refractivity contribution in [2.45, 2.75) is 31.7 Å². The first-order valence-corrected chi connectivity index (χ1v) is 10.2. The number of carbonyl (C=O) groups excluding carboxylic acids is 1. The van der Waals surface area contributed by atoms with E-state index in [9.17, 15) is 13.6 Å². The number of amides is 1. The average molecular weight is 409 g/mol. The van der Waals surface area contributed by atoms with Gasteiger partial charge in [-0.1, -0.05) is 47.6 Å². The second kappa shape index (κ2) is 7.63. The standard InChI is InChI=1S/C23H21F2N3O2/c24-17-8-4-7-16(20(17)25)12-26-22(29)18-14-9-10-15(11-14)19(18)23-27-21(28-30-23)13-5-2-1-3-6-13/h1-8,14-15,18-19H,9-12H2,(H,26,29)/t14-,15+,18-,19-/m0/s1. The minimum Gasteiger partial charge on any atom is -0.352 e. The molecule has 5 rings (SSSR count). The predicted molar refractivity (Wildman–Crippen MR) is 105 cm³/mol. The lowest BCUT2D eigenvalue weighted by Crippen LogP contribution is -2.37. The van der Waals surface area contributed by atoms with Gasteiger partial charge in [-0.2, -0.15) is 4.98 Å². The van der Waals surface area contributed by atoms with Crippen molar-refractivity contribution in [1.29, 1.82) is 0 Å². The highest BCUT2D eigenvalue weighted by Crippen LogP contribution is 2.56. The Kier molecular flexibility index (Phi) is 4.81. The van der Waals surface area contributed by atoms with Crippen LogP contribution in [0.3, 0.4) is 0 Å². The summed E-state index contributed by atoms with van der Waals surface area (Å²) in [5, 5.41) is 6.91. The second-order valence-corrected chi connectivity index (χ2v) is 8.14. The maximum absolute atomic E-state index is 13.9. The van der Waals surface area contributed by atoms with Gasteiger partial charge >= 0.3 is 0 Å². The molecule has 0 aliphatic heterocycles. The molecule has 0 saturated heterocycles. The van der Waals surface area contributed by atoms with Crippen LogP contribution in [0.15, 0.2) is 53.1 Å². The fourth-order valence-electron chi connectivity index (χ4n) is 5.08. The summed E-state index contributed by atoms with van der Waals surface area (Å²) in [4.78, 5) is 17.6. The number of nitrogens with one attached hydrogen (secondary N) is 1. The van der Waals surface area contributed by atoms with Crippen LogP contribution in [0.5, 0.6) is 0 Å². The summed E-state index contributed by atoms with van der Waals surface area (Å²) in [6.45, 7) is -0.0534. The maximum atomic E-state index is 13.9. The van der Waals surface area contributed by atoms with Gasteiger partial charge in [0.25, 0.3) is 0 Å². The lowest BCUT2D eigenvalue weighted by Gasteiger charge is -2.27. The van der Waals surface area contributed by atoms with Crippen LogP contribution < -0.4 is 5.32 Å². The third-order valence-corrected chi connectivity index (χ3v) is 6.46. The van der Waals surface area contributed by atoms with Gasteiger partial charge in [0.15, 0.2) is 11.6 Å². The summed E-state index contributed by atoms with van der Waals surface area (Å²) in [5.41, 5.74) is 0.991. The molecule has 0 radical (unpaired) electrons. The van der Waals surface area contributed by atoms with Gasteiger partial charge in [0.1, 0.15) is 0 Å². The minimum atomic E-state index is -0.924. The smallest absolute Gasteiger partial charge is 0.231 e. The first kappa shape index (κ1) is 18.9. The number of halogens is 2. The number of aromatic nitrogens is 2. The molecule has 7 heteroatoms. The first-order valence-electron chi connectivity index (χ1n) is 10.2. The molecule has 2 aromatic carbocycles. The fourth-order valence-corrected chi connectivity index (χ4v) is 5.08. The number of nitrogens with zero attached hydrogens (tertiary/aromatic N) is 2. The highest BCUT2D eigenvalue weighted by Gasteiger charge is 2.53. The fraction of sp³-hybridized carbons (Fsp3) is 0.348. The molecule has 5 nitrogen and oxygen atoms in total. The zero-order valence-electron chi connectivity index (χ0n) is 16.2. The van der Waals surface area contributed by atoms with Crippen LogP contribution in [-0.4, -0.2) is 16.0 Å². The predicted octanol–water partition coefficient (Wildman–Crippen LogP) is 4.46. The second-order valence-electron chi connectivity index (χ2n) is 8.14. The van der Waals surface area contributed by atoms with Crippen molar-refractivity contribution in [2.75, 3.05) is 0 Å². The van der Waals surface area contributed by atoms with Crippen LogP contribution in [-0.2, 0) is 11.3 Å². The number of rotatable bonds is 5. The van der Waals surface area contributed by atoms with Gasteiger partial charge in [0, 0.05) is 17.7 Å². The van der Waals surface area contributed by atoms with Crippen molar-refractivity contribution < 1.29 is 18.1 Å². The minimum absolute atomic E-state index is 0.0534. The van der Waals surface area contributed by atoms with Gasteiger partial charge in [-0.3, -0.25) is 4.79 Å². The summed E-state index contributed by atoms with van der Waals surface area (Å²) >= 11 is 0. The molecule has 3 aromatic rings. The average Bonchev–Trinajstić information content (AvgIpc) is 3.51. The largest absolute Gasteiger partial charge is 0.352 e. The van der Waals surface area contributed by atoms with E-state index in [-0.39, 0.29) is 35.8 Å². The number of benzene rings is 2. The van der Waals surface area contributed by atoms with E-state index >= 15 is 0 Å². The number of carbonyl (C=O) groups is 1. The molecule has 154 valence electrons. The Morgan fingerprint density at radius 1 is 1.07 bits per heavy atom. The highest BCUT2D eigenvalue weighted by molar-refractivity contribution is 5.80. The monoisotopic (exact) mass is 409 g/mol. The van der Waals surface area contributed by atoms with Gasteiger partial charge in [0.2, 0.25) is 17.6 Å². The Hall–Kier alpha value is -3.09. The van der Waals surface area contributed by atoms with Crippen molar-refractivity contribution in [2.24, 2.45) is 17.8 Å². The van der Waals surface area contributed by atoms with Gasteiger partial charge in [0.05, 0.1) is 11.8 Å². The van der Waals surface area contributed by atoms with Crippen molar-refractivity contribution >= 4 is 5.91 Å². The zero-order valence-corrected chi connectivity index (χ0v) is 16.2. The van der Waals surface area contributed by atoms with E-state index in [1.54, 1.807) is 0 Å². The lowest BCUT2D eigenvalue weighted by molar-refractivity contribution is -0.127. The number of hydrogen-bond acceptors (Lipinski definition) is 4. The Labute approximate surface area is 172 Å². The molecule has 2 bridgehead atoms.